The molecule has 0 radical (unpaired) electrons. The summed E-state index contributed by atoms with van der Waals surface area (Å²) in [5, 5.41) is 18.3. The summed E-state index contributed by atoms with van der Waals surface area (Å²) < 4.78 is 10.7. The van der Waals surface area contributed by atoms with Gasteiger partial charge in [-0.15, -0.1) is 0 Å². The molecule has 3 N–H and O–H groups in total. The number of carboxylic acids is 2. The van der Waals surface area contributed by atoms with Crippen molar-refractivity contribution in [3.8, 4) is 11.6 Å². The minimum Gasteiger partial charge on any atom is -0.481 e. The van der Waals surface area contributed by atoms with Crippen LogP contribution < -0.4 is 5.32 Å². The molecule has 2 aromatic heterocycles. The van der Waals surface area contributed by atoms with Gasteiger partial charge in [0.25, 0.3) is 11.9 Å². The van der Waals surface area contributed by atoms with Crippen LogP contribution in [-0.2, 0) is 27.4 Å². The Morgan fingerprint density at radius 3 is 2.46 bits per heavy atom. The van der Waals surface area contributed by atoms with E-state index in [9.17, 15) is 0 Å². The number of aryl methyl sites for hydroxylation is 1. The lowest BCUT2D eigenvalue weighted by atomic mass is 9.77. The highest BCUT2D eigenvalue weighted by Gasteiger charge is 2.41. The molecule has 2 saturated heterocycles. The number of benzene rings is 1. The van der Waals surface area contributed by atoms with Gasteiger partial charge >= 0.3 is 0 Å². The summed E-state index contributed by atoms with van der Waals surface area (Å²) in [4.78, 5) is 27.5. The summed E-state index contributed by atoms with van der Waals surface area (Å²) in [6, 6.07) is 8.30. The van der Waals surface area contributed by atoms with Gasteiger partial charge in [0.15, 0.2) is 11.6 Å². The molecule has 0 saturated carbocycles. The molecule has 2 aliphatic heterocycles. The number of ether oxygens (including phenoxy) is 1. The second kappa shape index (κ2) is 11.9. The number of aliphatic carboxylic acids is 2. The molecule has 5 rings (SSSR count). The van der Waals surface area contributed by atoms with Crippen LogP contribution in [0.5, 0.6) is 0 Å². The standard InChI is InChI=1S/C21H27N5O.2C2H4O2/c1-2-26-18-6-4-3-5-17(18)24-20(26)19-23-11-12-25(19)14-16-13-21(15-27-16)7-9-22-10-8-21;2*1-2(3)4/h3-6,11-12,16,22H,2,7-10,13-15H2,1H3;2*1H3,(H,3,4). The topological polar surface area (TPSA) is 132 Å². The predicted octanol–water partition coefficient (Wildman–Crippen LogP) is 3.26. The van der Waals surface area contributed by atoms with Crippen LogP contribution in [0.3, 0.4) is 0 Å². The number of piperidine rings is 1. The van der Waals surface area contributed by atoms with E-state index < -0.39 is 11.9 Å². The van der Waals surface area contributed by atoms with Crippen LogP contribution in [0.15, 0.2) is 36.7 Å². The lowest BCUT2D eigenvalue weighted by Crippen LogP contribution is -2.37. The number of para-hydroxylation sites is 2. The summed E-state index contributed by atoms with van der Waals surface area (Å²) in [5.41, 5.74) is 2.57. The molecule has 10 nitrogen and oxygen atoms in total. The third-order valence-corrected chi connectivity index (χ3v) is 6.24. The minimum absolute atomic E-state index is 0.260. The first-order valence-electron chi connectivity index (χ1n) is 11.9. The lowest BCUT2D eigenvalue weighted by Gasteiger charge is -2.32. The third kappa shape index (κ3) is 6.89. The SMILES string of the molecule is CC(=O)O.CC(=O)O.CCn1c(-c2nccn2CC2CC3(CCNCC3)CO2)nc2ccccc21. The van der Waals surface area contributed by atoms with Gasteiger partial charge in [-0.2, -0.15) is 0 Å². The van der Waals surface area contributed by atoms with Crippen molar-refractivity contribution in [2.75, 3.05) is 19.7 Å². The molecule has 3 aromatic rings. The van der Waals surface area contributed by atoms with E-state index in [1.807, 2.05) is 12.3 Å². The average molecular weight is 486 g/mol. The van der Waals surface area contributed by atoms with E-state index in [4.69, 9.17) is 29.5 Å². The van der Waals surface area contributed by atoms with Crippen molar-refractivity contribution >= 4 is 23.0 Å². The van der Waals surface area contributed by atoms with Gasteiger partial charge in [0, 0.05) is 32.8 Å². The van der Waals surface area contributed by atoms with Crippen molar-refractivity contribution in [3.05, 3.63) is 36.7 Å². The number of nitrogens with one attached hydrogen (secondary N) is 1. The van der Waals surface area contributed by atoms with E-state index in [0.717, 1.165) is 75.7 Å². The molecule has 190 valence electrons. The molecule has 35 heavy (non-hydrogen) atoms. The van der Waals surface area contributed by atoms with Gasteiger partial charge in [0.2, 0.25) is 0 Å². The number of fused-ring (bicyclic) bond motifs is 1. The molecule has 10 heteroatoms. The van der Waals surface area contributed by atoms with E-state index in [1.54, 1.807) is 0 Å². The van der Waals surface area contributed by atoms with E-state index in [-0.39, 0.29) is 6.10 Å². The molecule has 1 spiro atoms. The fourth-order valence-electron chi connectivity index (χ4n) is 4.77. The highest BCUT2D eigenvalue weighted by Crippen LogP contribution is 2.41. The maximum Gasteiger partial charge on any atom is 0.300 e. The fourth-order valence-corrected chi connectivity index (χ4v) is 4.77. The molecule has 0 bridgehead atoms. The maximum absolute atomic E-state index is 9.00. The normalized spacial score (nSPS) is 18.4. The quantitative estimate of drug-likeness (QED) is 0.513. The first kappa shape index (κ1) is 26.4. The number of carboxylic acid groups (broad SMARTS) is 2. The van der Waals surface area contributed by atoms with Gasteiger partial charge in [0.05, 0.1) is 30.3 Å². The number of hydrogen-bond donors (Lipinski definition) is 3. The van der Waals surface area contributed by atoms with Crippen molar-refractivity contribution in [1.29, 1.82) is 0 Å². The molecular formula is C25H35N5O5. The largest absolute Gasteiger partial charge is 0.481 e. The monoisotopic (exact) mass is 485 g/mol. The first-order chi connectivity index (χ1) is 16.7. The molecule has 0 aliphatic carbocycles. The number of rotatable bonds is 4. The van der Waals surface area contributed by atoms with Crippen LogP contribution in [0.1, 0.15) is 40.0 Å². The zero-order valence-electron chi connectivity index (χ0n) is 20.6. The van der Waals surface area contributed by atoms with E-state index in [0.29, 0.717) is 5.41 Å². The zero-order valence-corrected chi connectivity index (χ0v) is 20.6. The van der Waals surface area contributed by atoms with E-state index >= 15 is 0 Å². The van der Waals surface area contributed by atoms with Crippen LogP contribution in [-0.4, -0.2) is 67.1 Å². The van der Waals surface area contributed by atoms with Gasteiger partial charge in [-0.3, -0.25) is 9.59 Å². The van der Waals surface area contributed by atoms with Crippen LogP contribution in [0.25, 0.3) is 22.7 Å². The summed E-state index contributed by atoms with van der Waals surface area (Å²) in [6.45, 7) is 9.18. The van der Waals surface area contributed by atoms with Crippen molar-refractivity contribution in [2.24, 2.45) is 5.41 Å². The molecule has 1 atom stereocenters. The summed E-state index contributed by atoms with van der Waals surface area (Å²) in [7, 11) is 0. The summed E-state index contributed by atoms with van der Waals surface area (Å²) in [5.74, 6) is 0.209. The highest BCUT2D eigenvalue weighted by atomic mass is 16.5. The van der Waals surface area contributed by atoms with Gasteiger partial charge in [-0.05, 0) is 56.8 Å². The van der Waals surface area contributed by atoms with E-state index in [2.05, 4.69) is 50.8 Å². The minimum atomic E-state index is -0.833. The van der Waals surface area contributed by atoms with Gasteiger partial charge in [-0.25, -0.2) is 9.97 Å². The zero-order chi connectivity index (χ0) is 25.4. The maximum atomic E-state index is 9.00. The van der Waals surface area contributed by atoms with Crippen molar-refractivity contribution < 1.29 is 24.5 Å². The predicted molar refractivity (Wildman–Crippen MR) is 132 cm³/mol. The second-order valence-corrected chi connectivity index (χ2v) is 9.00. The Morgan fingerprint density at radius 2 is 1.80 bits per heavy atom. The molecule has 1 aromatic carbocycles. The van der Waals surface area contributed by atoms with Crippen molar-refractivity contribution in [1.82, 2.24) is 24.4 Å². The Balaban J connectivity index is 0.000000376. The Bertz CT molecular complexity index is 1110. The van der Waals surface area contributed by atoms with Gasteiger partial charge in [-0.1, -0.05) is 12.1 Å². The molecule has 4 heterocycles. The van der Waals surface area contributed by atoms with Crippen LogP contribution in [0.4, 0.5) is 0 Å². The second-order valence-electron chi connectivity index (χ2n) is 9.00. The Labute approximate surface area is 204 Å². The number of nitrogens with zero attached hydrogens (tertiary/aromatic N) is 4. The van der Waals surface area contributed by atoms with Crippen molar-refractivity contribution in [2.45, 2.75) is 59.2 Å². The number of aromatic nitrogens is 4. The average Bonchev–Trinajstić information content (AvgIpc) is 3.51. The van der Waals surface area contributed by atoms with Crippen LogP contribution in [0, 0.1) is 5.41 Å². The Kier molecular flexibility index (Phi) is 9.00. The number of imidazole rings is 2. The molecule has 1 unspecified atom stereocenters. The van der Waals surface area contributed by atoms with Crippen molar-refractivity contribution in [3.63, 3.8) is 0 Å². The first-order valence-corrected chi connectivity index (χ1v) is 11.9. The molecule has 0 amide bonds. The molecular weight excluding hydrogens is 450 g/mol. The van der Waals surface area contributed by atoms with Crippen LogP contribution in [0.2, 0.25) is 0 Å². The third-order valence-electron chi connectivity index (χ3n) is 6.24. The van der Waals surface area contributed by atoms with Gasteiger partial charge in [0.1, 0.15) is 0 Å². The number of carbonyl (C=O) groups is 2. The summed E-state index contributed by atoms with van der Waals surface area (Å²) >= 11 is 0. The van der Waals surface area contributed by atoms with Gasteiger partial charge < -0.3 is 29.4 Å². The van der Waals surface area contributed by atoms with Crippen LogP contribution >= 0.6 is 0 Å². The smallest absolute Gasteiger partial charge is 0.300 e. The Hall–Kier alpha value is -3.24. The van der Waals surface area contributed by atoms with E-state index in [1.165, 1.54) is 12.8 Å². The molecule has 2 fully saturated rings. The lowest BCUT2D eigenvalue weighted by molar-refractivity contribution is -0.135. The fraction of sp³-hybridized carbons (Fsp3) is 0.520. The number of hydrogen-bond acceptors (Lipinski definition) is 6. The Morgan fingerprint density at radius 1 is 1.14 bits per heavy atom. The summed E-state index contributed by atoms with van der Waals surface area (Å²) in [6.07, 6.45) is 7.81. The molecule has 2 aliphatic rings. The highest BCUT2D eigenvalue weighted by molar-refractivity contribution is 5.79.